The van der Waals surface area contributed by atoms with Gasteiger partial charge in [-0.3, -0.25) is 14.4 Å². The van der Waals surface area contributed by atoms with Crippen molar-refractivity contribution in [2.45, 2.75) is 88.3 Å². The zero-order valence-electron chi connectivity index (χ0n) is 19.5. The van der Waals surface area contributed by atoms with Gasteiger partial charge in [0.05, 0.1) is 23.2 Å². The Labute approximate surface area is 190 Å². The van der Waals surface area contributed by atoms with Crippen LogP contribution >= 0.6 is 11.8 Å². The van der Waals surface area contributed by atoms with Crippen LogP contribution in [-0.4, -0.2) is 69.1 Å². The molecule has 3 unspecified atom stereocenters. The van der Waals surface area contributed by atoms with Crippen molar-refractivity contribution in [1.29, 1.82) is 0 Å². The molecule has 0 aliphatic carbocycles. The third-order valence-corrected chi connectivity index (χ3v) is 8.93. The van der Waals surface area contributed by atoms with Gasteiger partial charge >= 0.3 is 5.97 Å². The lowest BCUT2D eigenvalue weighted by atomic mass is 9.66. The Morgan fingerprint density at radius 1 is 1.26 bits per heavy atom. The number of esters is 1. The average Bonchev–Trinajstić information content (AvgIpc) is 3.24. The van der Waals surface area contributed by atoms with Gasteiger partial charge in [0.25, 0.3) is 0 Å². The van der Waals surface area contributed by atoms with E-state index in [0.29, 0.717) is 13.2 Å². The molecule has 3 aliphatic rings. The minimum atomic E-state index is -0.584. The van der Waals surface area contributed by atoms with E-state index in [1.54, 1.807) is 23.6 Å². The number of ether oxygens (including phenoxy) is 1. The number of aliphatic hydroxyl groups excluding tert-OH is 1. The van der Waals surface area contributed by atoms with Crippen molar-refractivity contribution in [2.24, 2.45) is 17.8 Å². The number of likely N-dealkylation sites (tertiary alicyclic amines) is 1. The molecule has 3 saturated heterocycles. The summed E-state index contributed by atoms with van der Waals surface area (Å²) in [5, 5.41) is 12.1. The molecule has 0 aromatic carbocycles. The van der Waals surface area contributed by atoms with Crippen LogP contribution in [-0.2, 0) is 19.1 Å². The fourth-order valence-corrected chi connectivity index (χ4v) is 8.16. The summed E-state index contributed by atoms with van der Waals surface area (Å²) in [4.78, 5) is 41.9. The van der Waals surface area contributed by atoms with Crippen molar-refractivity contribution in [3.05, 3.63) is 0 Å². The number of hydrogen-bond donors (Lipinski definition) is 2. The summed E-state index contributed by atoms with van der Waals surface area (Å²) >= 11 is 1.68. The second-order valence-electron chi connectivity index (χ2n) is 10.2. The minimum Gasteiger partial charge on any atom is -0.466 e. The molecule has 3 fully saturated rings. The molecule has 3 heterocycles. The summed E-state index contributed by atoms with van der Waals surface area (Å²) in [5.41, 5.74) is -0.410. The Balaban J connectivity index is 1.92. The van der Waals surface area contributed by atoms with Gasteiger partial charge in [-0.2, -0.15) is 0 Å². The van der Waals surface area contributed by atoms with Crippen molar-refractivity contribution in [3.63, 3.8) is 0 Å². The van der Waals surface area contributed by atoms with Gasteiger partial charge in [-0.05, 0) is 52.9 Å². The molecule has 0 saturated carbocycles. The lowest BCUT2D eigenvalue weighted by Gasteiger charge is -2.39. The van der Waals surface area contributed by atoms with Crippen LogP contribution in [0.15, 0.2) is 0 Å². The van der Waals surface area contributed by atoms with Crippen LogP contribution in [0.3, 0.4) is 0 Å². The van der Waals surface area contributed by atoms with Crippen molar-refractivity contribution >= 4 is 29.5 Å². The van der Waals surface area contributed by atoms with Crippen LogP contribution < -0.4 is 5.32 Å². The van der Waals surface area contributed by atoms with E-state index in [1.165, 1.54) is 0 Å². The topological polar surface area (TPSA) is 95.9 Å². The first-order valence-corrected chi connectivity index (χ1v) is 12.5. The van der Waals surface area contributed by atoms with E-state index in [0.717, 1.165) is 32.1 Å². The molecule has 6 atom stereocenters. The number of aliphatic hydroxyl groups is 1. The van der Waals surface area contributed by atoms with Gasteiger partial charge in [0, 0.05) is 23.9 Å². The molecule has 7 nitrogen and oxygen atoms in total. The van der Waals surface area contributed by atoms with Crippen LogP contribution in [0.25, 0.3) is 0 Å². The fourth-order valence-electron chi connectivity index (χ4n) is 5.75. The zero-order valence-corrected chi connectivity index (χ0v) is 20.3. The van der Waals surface area contributed by atoms with E-state index in [1.807, 2.05) is 20.8 Å². The number of carbonyl (C=O) groups excluding carboxylic acids is 3. The number of thioether (sulfide) groups is 1. The van der Waals surface area contributed by atoms with Crippen LogP contribution in [0.1, 0.15) is 66.7 Å². The first kappa shape index (κ1) is 24.4. The highest BCUT2D eigenvalue weighted by atomic mass is 32.2. The SMILES string of the molecule is CCOC(=O)[C@@H]1[C@H]2C(=O)N(CCCCCCO)C(C(=O)NC(C)(C)C)C23S[C@@H]1CC3C. The largest absolute Gasteiger partial charge is 0.466 e. The lowest BCUT2D eigenvalue weighted by Crippen LogP contribution is -2.59. The standard InChI is InChI=1S/C23H38N2O5S/c1-6-30-21(29)16-15-13-14(2)23(31-15)17(16)20(28)25(11-9-7-8-10-12-26)18(23)19(27)24-22(3,4)5/h14-18,26H,6-13H2,1-5H3,(H,24,27)/t14?,15-,16+,17+,18?,23?/m1/s1. The lowest BCUT2D eigenvalue weighted by molar-refractivity contribution is -0.154. The second kappa shape index (κ2) is 9.30. The Morgan fingerprint density at radius 3 is 2.55 bits per heavy atom. The summed E-state index contributed by atoms with van der Waals surface area (Å²) in [6, 6.07) is -0.577. The van der Waals surface area contributed by atoms with Crippen molar-refractivity contribution in [3.8, 4) is 0 Å². The first-order valence-electron chi connectivity index (χ1n) is 11.7. The maximum atomic E-state index is 13.7. The number of nitrogens with zero attached hydrogens (tertiary/aromatic N) is 1. The van der Waals surface area contributed by atoms with E-state index < -0.39 is 28.2 Å². The maximum Gasteiger partial charge on any atom is 0.310 e. The number of unbranched alkanes of at least 4 members (excludes halogenated alkanes) is 3. The predicted molar refractivity (Wildman–Crippen MR) is 120 cm³/mol. The molecule has 1 spiro atoms. The predicted octanol–water partition coefficient (Wildman–Crippen LogP) is 2.35. The summed E-state index contributed by atoms with van der Waals surface area (Å²) in [7, 11) is 0. The summed E-state index contributed by atoms with van der Waals surface area (Å²) in [6.07, 6.45) is 4.13. The zero-order chi connectivity index (χ0) is 23.0. The molecular formula is C23H38N2O5S. The molecule has 2 N–H and O–H groups in total. The van der Waals surface area contributed by atoms with E-state index in [4.69, 9.17) is 9.84 Å². The highest BCUT2D eigenvalue weighted by Crippen LogP contribution is 2.68. The third kappa shape index (κ3) is 4.34. The molecule has 176 valence electrons. The van der Waals surface area contributed by atoms with Crippen LogP contribution in [0.2, 0.25) is 0 Å². The van der Waals surface area contributed by atoms with Gasteiger partial charge in [-0.1, -0.05) is 19.8 Å². The second-order valence-corrected chi connectivity index (χ2v) is 11.8. The van der Waals surface area contributed by atoms with Gasteiger partial charge < -0.3 is 20.1 Å². The molecular weight excluding hydrogens is 416 g/mol. The summed E-state index contributed by atoms with van der Waals surface area (Å²) < 4.78 is 4.77. The molecule has 2 amide bonds. The van der Waals surface area contributed by atoms with Crippen molar-refractivity contribution in [1.82, 2.24) is 10.2 Å². The Hall–Kier alpha value is -1.28. The number of rotatable bonds is 9. The summed E-state index contributed by atoms with van der Waals surface area (Å²) in [6.45, 7) is 10.7. The highest BCUT2D eigenvalue weighted by Gasteiger charge is 2.76. The minimum absolute atomic E-state index is 0.0274. The summed E-state index contributed by atoms with van der Waals surface area (Å²) in [5.74, 6) is -1.31. The van der Waals surface area contributed by atoms with E-state index in [9.17, 15) is 14.4 Å². The fraction of sp³-hybridized carbons (Fsp3) is 0.870. The van der Waals surface area contributed by atoms with Gasteiger partial charge in [-0.15, -0.1) is 11.8 Å². The Morgan fingerprint density at radius 2 is 1.94 bits per heavy atom. The maximum absolute atomic E-state index is 13.7. The molecule has 8 heteroatoms. The first-order chi connectivity index (χ1) is 14.6. The van der Waals surface area contributed by atoms with Gasteiger partial charge in [0.2, 0.25) is 11.8 Å². The number of nitrogens with one attached hydrogen (secondary N) is 1. The Kier molecular flexibility index (Phi) is 7.31. The number of amides is 2. The van der Waals surface area contributed by atoms with E-state index in [2.05, 4.69) is 12.2 Å². The molecule has 0 radical (unpaired) electrons. The normalized spacial score (nSPS) is 34.2. The molecule has 31 heavy (non-hydrogen) atoms. The van der Waals surface area contributed by atoms with Crippen LogP contribution in [0.5, 0.6) is 0 Å². The van der Waals surface area contributed by atoms with Crippen LogP contribution in [0.4, 0.5) is 0 Å². The van der Waals surface area contributed by atoms with E-state index >= 15 is 0 Å². The van der Waals surface area contributed by atoms with Gasteiger partial charge in [0.15, 0.2) is 0 Å². The van der Waals surface area contributed by atoms with Gasteiger partial charge in [0.1, 0.15) is 6.04 Å². The molecule has 3 aliphatic heterocycles. The molecule has 3 rings (SSSR count). The number of hydrogen-bond acceptors (Lipinski definition) is 6. The Bertz CT molecular complexity index is 709. The van der Waals surface area contributed by atoms with Crippen LogP contribution in [0, 0.1) is 17.8 Å². The average molecular weight is 455 g/mol. The molecule has 2 bridgehead atoms. The monoisotopic (exact) mass is 454 g/mol. The third-order valence-electron chi connectivity index (χ3n) is 6.86. The quantitative estimate of drug-likeness (QED) is 0.410. The smallest absolute Gasteiger partial charge is 0.310 e. The van der Waals surface area contributed by atoms with E-state index in [-0.39, 0.29) is 35.6 Å². The van der Waals surface area contributed by atoms with Gasteiger partial charge in [-0.25, -0.2) is 0 Å². The number of fused-ring (bicyclic) bond motifs is 1. The highest BCUT2D eigenvalue weighted by molar-refractivity contribution is 8.02. The molecule has 0 aromatic heterocycles. The number of carbonyl (C=O) groups is 3. The van der Waals surface area contributed by atoms with Crippen molar-refractivity contribution in [2.75, 3.05) is 19.8 Å². The van der Waals surface area contributed by atoms with Crippen molar-refractivity contribution < 1.29 is 24.2 Å². The molecule has 0 aromatic rings.